The average molecular weight is 237 g/mol. The van der Waals surface area contributed by atoms with Gasteiger partial charge in [-0.2, -0.15) is 5.10 Å². The van der Waals surface area contributed by atoms with Gasteiger partial charge in [0.05, 0.1) is 0 Å². The number of anilines is 1. The predicted molar refractivity (Wildman–Crippen MR) is 60.2 cm³/mol. The molecule has 0 aliphatic heterocycles. The first-order valence-corrected chi connectivity index (χ1v) is 5.58. The molecule has 1 atom stereocenters. The molecule has 0 aliphatic rings. The highest BCUT2D eigenvalue weighted by molar-refractivity contribution is 7.15. The van der Waals surface area contributed by atoms with Gasteiger partial charge in [-0.05, 0) is 19.9 Å². The van der Waals surface area contributed by atoms with Crippen LogP contribution in [0.4, 0.5) is 5.13 Å². The molecule has 0 radical (unpaired) electrons. The Labute approximate surface area is 96.3 Å². The lowest BCUT2D eigenvalue weighted by atomic mass is 10.3. The van der Waals surface area contributed by atoms with Crippen LogP contribution in [0.3, 0.4) is 0 Å². The van der Waals surface area contributed by atoms with Gasteiger partial charge in [-0.15, -0.1) is 10.2 Å². The van der Waals surface area contributed by atoms with Gasteiger partial charge in [0.15, 0.2) is 0 Å². The fourth-order valence-electron chi connectivity index (χ4n) is 1.19. The molecule has 6 nitrogen and oxygen atoms in total. The summed E-state index contributed by atoms with van der Waals surface area (Å²) in [6, 6.07) is 1.41. The van der Waals surface area contributed by atoms with Crippen molar-refractivity contribution in [1.29, 1.82) is 0 Å². The van der Waals surface area contributed by atoms with Crippen molar-refractivity contribution < 1.29 is 4.79 Å². The summed E-state index contributed by atoms with van der Waals surface area (Å²) in [4.78, 5) is 11.8. The Bertz CT molecular complexity index is 478. The van der Waals surface area contributed by atoms with E-state index in [-0.39, 0.29) is 11.9 Å². The zero-order valence-corrected chi connectivity index (χ0v) is 9.73. The number of hydrogen-bond donors (Lipinski definition) is 1. The molecule has 0 saturated carbocycles. The van der Waals surface area contributed by atoms with Crippen molar-refractivity contribution in [2.45, 2.75) is 19.9 Å². The van der Waals surface area contributed by atoms with Crippen LogP contribution < -0.4 is 5.32 Å². The second kappa shape index (κ2) is 4.40. The summed E-state index contributed by atoms with van der Waals surface area (Å²) in [5, 5.41) is 15.7. The van der Waals surface area contributed by atoms with E-state index in [0.29, 0.717) is 5.13 Å². The number of aromatic nitrogens is 4. The summed E-state index contributed by atoms with van der Waals surface area (Å²) in [5.41, 5.74) is 0. The third-order valence-electron chi connectivity index (χ3n) is 2.06. The number of nitrogens with one attached hydrogen (secondary N) is 1. The average Bonchev–Trinajstić information content (AvgIpc) is 2.88. The molecular formula is C9H11N5OS. The first-order valence-electron chi connectivity index (χ1n) is 4.77. The van der Waals surface area contributed by atoms with Gasteiger partial charge in [0.25, 0.3) is 5.91 Å². The highest BCUT2D eigenvalue weighted by Crippen LogP contribution is 2.15. The second-order valence-electron chi connectivity index (χ2n) is 3.28. The monoisotopic (exact) mass is 237 g/mol. The molecule has 84 valence electrons. The highest BCUT2D eigenvalue weighted by atomic mass is 32.1. The Morgan fingerprint density at radius 1 is 1.56 bits per heavy atom. The Morgan fingerprint density at radius 3 is 2.94 bits per heavy atom. The molecule has 0 bridgehead atoms. The van der Waals surface area contributed by atoms with E-state index in [0.717, 1.165) is 5.01 Å². The SMILES string of the molecule is Cc1nnc(NC(=O)[C@@H](C)n2cccn2)s1. The Morgan fingerprint density at radius 2 is 2.38 bits per heavy atom. The van der Waals surface area contributed by atoms with Crippen molar-refractivity contribution in [2.24, 2.45) is 0 Å². The maximum Gasteiger partial charge on any atom is 0.250 e. The summed E-state index contributed by atoms with van der Waals surface area (Å²) in [6.45, 7) is 3.61. The number of carbonyl (C=O) groups is 1. The first-order chi connectivity index (χ1) is 7.66. The smallest absolute Gasteiger partial charge is 0.250 e. The molecular weight excluding hydrogens is 226 g/mol. The summed E-state index contributed by atoms with van der Waals surface area (Å²) in [6.07, 6.45) is 3.38. The highest BCUT2D eigenvalue weighted by Gasteiger charge is 2.16. The van der Waals surface area contributed by atoms with Crippen LogP contribution >= 0.6 is 11.3 Å². The summed E-state index contributed by atoms with van der Waals surface area (Å²) in [5.74, 6) is -0.153. The van der Waals surface area contributed by atoms with E-state index < -0.39 is 0 Å². The van der Waals surface area contributed by atoms with Crippen LogP contribution in [-0.4, -0.2) is 25.9 Å². The van der Waals surface area contributed by atoms with Crippen LogP contribution in [0.1, 0.15) is 18.0 Å². The molecule has 1 N–H and O–H groups in total. The fraction of sp³-hybridized carbons (Fsp3) is 0.333. The molecule has 2 rings (SSSR count). The maximum absolute atomic E-state index is 11.8. The Kier molecular flexibility index (Phi) is 2.95. The van der Waals surface area contributed by atoms with Crippen LogP contribution in [0.25, 0.3) is 0 Å². The molecule has 0 aromatic carbocycles. The third-order valence-corrected chi connectivity index (χ3v) is 2.81. The number of amides is 1. The van der Waals surface area contributed by atoms with Gasteiger partial charge < -0.3 is 0 Å². The zero-order valence-electron chi connectivity index (χ0n) is 8.91. The quantitative estimate of drug-likeness (QED) is 0.871. The van der Waals surface area contributed by atoms with Crippen molar-refractivity contribution in [3.8, 4) is 0 Å². The number of rotatable bonds is 3. The van der Waals surface area contributed by atoms with Crippen molar-refractivity contribution >= 4 is 22.4 Å². The summed E-state index contributed by atoms with van der Waals surface area (Å²) < 4.78 is 1.59. The fourth-order valence-corrected chi connectivity index (χ4v) is 1.78. The Balaban J connectivity index is 2.03. The van der Waals surface area contributed by atoms with Gasteiger partial charge in [-0.25, -0.2) is 0 Å². The van der Waals surface area contributed by atoms with Crippen LogP contribution in [0.5, 0.6) is 0 Å². The molecule has 2 heterocycles. The molecule has 16 heavy (non-hydrogen) atoms. The number of carbonyl (C=O) groups excluding carboxylic acids is 1. The summed E-state index contributed by atoms with van der Waals surface area (Å²) >= 11 is 1.35. The molecule has 0 aliphatic carbocycles. The lowest BCUT2D eigenvalue weighted by Gasteiger charge is -2.10. The van der Waals surface area contributed by atoms with Crippen LogP contribution in [-0.2, 0) is 4.79 Å². The maximum atomic E-state index is 11.8. The molecule has 0 unspecified atom stereocenters. The van der Waals surface area contributed by atoms with E-state index >= 15 is 0 Å². The van der Waals surface area contributed by atoms with Gasteiger partial charge >= 0.3 is 0 Å². The Hall–Kier alpha value is -1.76. The zero-order chi connectivity index (χ0) is 11.5. The molecule has 2 aromatic rings. The lowest BCUT2D eigenvalue weighted by Crippen LogP contribution is -2.23. The van der Waals surface area contributed by atoms with Gasteiger partial charge in [0, 0.05) is 12.4 Å². The molecule has 7 heteroatoms. The lowest BCUT2D eigenvalue weighted by molar-refractivity contribution is -0.119. The van der Waals surface area contributed by atoms with E-state index in [1.807, 2.05) is 6.92 Å². The van der Waals surface area contributed by atoms with Gasteiger partial charge in [0.2, 0.25) is 5.13 Å². The minimum atomic E-state index is -0.362. The first kappa shape index (κ1) is 10.7. The normalized spacial score (nSPS) is 12.4. The minimum absolute atomic E-state index is 0.153. The second-order valence-corrected chi connectivity index (χ2v) is 4.46. The van der Waals surface area contributed by atoms with Crippen molar-refractivity contribution in [1.82, 2.24) is 20.0 Å². The summed E-state index contributed by atoms with van der Waals surface area (Å²) in [7, 11) is 0. The van der Waals surface area contributed by atoms with Gasteiger partial charge in [-0.3, -0.25) is 14.8 Å². The van der Waals surface area contributed by atoms with E-state index in [9.17, 15) is 4.79 Å². The van der Waals surface area contributed by atoms with Crippen LogP contribution in [0.2, 0.25) is 0 Å². The van der Waals surface area contributed by atoms with Crippen molar-refractivity contribution in [3.63, 3.8) is 0 Å². The number of aryl methyl sites for hydroxylation is 1. The molecule has 1 amide bonds. The standard InChI is InChI=1S/C9H11N5OS/c1-6(14-5-3-4-10-14)8(15)11-9-13-12-7(2)16-9/h3-6H,1-2H3,(H,11,13,15)/t6-/m1/s1. The predicted octanol–water partition coefficient (Wildman–Crippen LogP) is 1.24. The van der Waals surface area contributed by atoms with E-state index in [2.05, 4.69) is 20.6 Å². The van der Waals surface area contributed by atoms with Gasteiger partial charge in [-0.1, -0.05) is 11.3 Å². The largest absolute Gasteiger partial charge is 0.299 e. The molecule has 0 saturated heterocycles. The molecule has 0 spiro atoms. The third kappa shape index (κ3) is 2.25. The topological polar surface area (TPSA) is 72.7 Å². The van der Waals surface area contributed by atoms with E-state index in [1.165, 1.54) is 11.3 Å². The minimum Gasteiger partial charge on any atom is -0.299 e. The molecule has 0 fully saturated rings. The van der Waals surface area contributed by atoms with E-state index in [4.69, 9.17) is 0 Å². The van der Waals surface area contributed by atoms with Crippen LogP contribution in [0, 0.1) is 6.92 Å². The number of nitrogens with zero attached hydrogens (tertiary/aromatic N) is 4. The number of hydrogen-bond acceptors (Lipinski definition) is 5. The van der Waals surface area contributed by atoms with E-state index in [1.54, 1.807) is 30.1 Å². The van der Waals surface area contributed by atoms with Crippen molar-refractivity contribution in [2.75, 3.05) is 5.32 Å². The van der Waals surface area contributed by atoms with Crippen molar-refractivity contribution in [3.05, 3.63) is 23.5 Å². The van der Waals surface area contributed by atoms with Gasteiger partial charge in [0.1, 0.15) is 11.0 Å². The molecule has 2 aromatic heterocycles. The van der Waals surface area contributed by atoms with Crippen LogP contribution in [0.15, 0.2) is 18.5 Å².